The molecule has 0 aliphatic carbocycles. The minimum Gasteiger partial charge on any atom is -0.507 e. The largest absolute Gasteiger partial charge is 0.507 e. The van der Waals surface area contributed by atoms with Crippen molar-refractivity contribution in [2.45, 2.75) is 12.5 Å². The van der Waals surface area contributed by atoms with E-state index in [0.717, 1.165) is 0 Å². The standard InChI is InChI=1S/C12H17NO3.ClH/c1-4-5-9(13)12-10(14)6-8(15-2)7-11(12)16-3;/h4,6-7,9,14H,1,5,13H2,2-3H3;1H/t9-;/m1./s1. The Morgan fingerprint density at radius 2 is 2.06 bits per heavy atom. The van der Waals surface area contributed by atoms with E-state index < -0.39 is 0 Å². The van der Waals surface area contributed by atoms with Crippen molar-refractivity contribution in [3.63, 3.8) is 0 Å². The Labute approximate surface area is 107 Å². The van der Waals surface area contributed by atoms with Gasteiger partial charge in [0.05, 0.1) is 19.8 Å². The van der Waals surface area contributed by atoms with Gasteiger partial charge in [-0.15, -0.1) is 19.0 Å². The van der Waals surface area contributed by atoms with Gasteiger partial charge in [0.25, 0.3) is 0 Å². The average Bonchev–Trinajstić information content (AvgIpc) is 2.27. The molecule has 0 amide bonds. The number of benzene rings is 1. The Morgan fingerprint density at radius 3 is 2.53 bits per heavy atom. The van der Waals surface area contributed by atoms with E-state index in [4.69, 9.17) is 15.2 Å². The fourth-order valence-corrected chi connectivity index (χ4v) is 1.54. The van der Waals surface area contributed by atoms with E-state index in [1.54, 1.807) is 12.1 Å². The van der Waals surface area contributed by atoms with Crippen LogP contribution < -0.4 is 15.2 Å². The zero-order valence-corrected chi connectivity index (χ0v) is 10.8. The highest BCUT2D eigenvalue weighted by Gasteiger charge is 2.17. The molecule has 0 aliphatic rings. The SMILES string of the molecule is C=CC[C@@H](N)c1c(O)cc(OC)cc1OC.Cl. The van der Waals surface area contributed by atoms with Crippen LogP contribution >= 0.6 is 12.4 Å². The first-order valence-corrected chi connectivity index (χ1v) is 4.95. The normalized spacial score (nSPS) is 11.2. The number of halogens is 1. The van der Waals surface area contributed by atoms with Gasteiger partial charge >= 0.3 is 0 Å². The van der Waals surface area contributed by atoms with Crippen molar-refractivity contribution in [1.29, 1.82) is 0 Å². The third kappa shape index (κ3) is 3.54. The van der Waals surface area contributed by atoms with Gasteiger partial charge < -0.3 is 20.3 Å². The van der Waals surface area contributed by atoms with E-state index in [-0.39, 0.29) is 24.2 Å². The van der Waals surface area contributed by atoms with Gasteiger partial charge in [-0.3, -0.25) is 0 Å². The van der Waals surface area contributed by atoms with Crippen molar-refractivity contribution in [2.24, 2.45) is 5.73 Å². The zero-order valence-electron chi connectivity index (χ0n) is 9.97. The zero-order chi connectivity index (χ0) is 12.1. The van der Waals surface area contributed by atoms with Gasteiger partial charge in [0.15, 0.2) is 0 Å². The number of phenols is 1. The van der Waals surface area contributed by atoms with Crippen LogP contribution in [0.15, 0.2) is 24.8 Å². The predicted molar refractivity (Wildman–Crippen MR) is 70.2 cm³/mol. The Balaban J connectivity index is 0.00000256. The summed E-state index contributed by atoms with van der Waals surface area (Å²) in [6, 6.07) is 2.87. The van der Waals surface area contributed by atoms with Crippen LogP contribution in [-0.4, -0.2) is 19.3 Å². The van der Waals surface area contributed by atoms with Crippen molar-refractivity contribution in [1.82, 2.24) is 0 Å². The molecule has 1 atom stereocenters. The molecule has 4 nitrogen and oxygen atoms in total. The predicted octanol–water partition coefficient (Wildman–Crippen LogP) is 2.41. The van der Waals surface area contributed by atoms with E-state index in [1.165, 1.54) is 20.3 Å². The minimum absolute atomic E-state index is 0. The lowest BCUT2D eigenvalue weighted by Crippen LogP contribution is -2.11. The summed E-state index contributed by atoms with van der Waals surface area (Å²) in [7, 11) is 3.05. The smallest absolute Gasteiger partial charge is 0.131 e. The van der Waals surface area contributed by atoms with Crippen LogP contribution in [0, 0.1) is 0 Å². The molecule has 0 radical (unpaired) electrons. The van der Waals surface area contributed by atoms with E-state index >= 15 is 0 Å². The quantitative estimate of drug-likeness (QED) is 0.797. The number of phenolic OH excluding ortho intramolecular Hbond substituents is 1. The van der Waals surface area contributed by atoms with Crippen molar-refractivity contribution < 1.29 is 14.6 Å². The van der Waals surface area contributed by atoms with Crippen LogP contribution in [-0.2, 0) is 0 Å². The molecule has 0 aromatic heterocycles. The molecule has 3 N–H and O–H groups in total. The Bertz CT molecular complexity index is 382. The molecule has 0 fully saturated rings. The third-order valence-electron chi connectivity index (χ3n) is 2.34. The van der Waals surface area contributed by atoms with Gasteiger partial charge in [0.2, 0.25) is 0 Å². The first-order chi connectivity index (χ1) is 7.63. The van der Waals surface area contributed by atoms with E-state index in [0.29, 0.717) is 23.5 Å². The van der Waals surface area contributed by atoms with E-state index in [9.17, 15) is 5.11 Å². The molecule has 1 rings (SSSR count). The molecule has 0 aliphatic heterocycles. The Morgan fingerprint density at radius 1 is 1.41 bits per heavy atom. The van der Waals surface area contributed by atoms with Gasteiger partial charge in [-0.2, -0.15) is 0 Å². The summed E-state index contributed by atoms with van der Waals surface area (Å²) >= 11 is 0. The number of ether oxygens (including phenoxy) is 2. The topological polar surface area (TPSA) is 64.7 Å². The number of nitrogens with two attached hydrogens (primary N) is 1. The van der Waals surface area contributed by atoms with Crippen molar-refractivity contribution in [2.75, 3.05) is 14.2 Å². The lowest BCUT2D eigenvalue weighted by Gasteiger charge is -2.17. The summed E-state index contributed by atoms with van der Waals surface area (Å²) in [6.07, 6.45) is 2.27. The molecule has 1 aromatic carbocycles. The van der Waals surface area contributed by atoms with Gasteiger partial charge in [-0.05, 0) is 6.42 Å². The number of rotatable bonds is 5. The summed E-state index contributed by atoms with van der Waals surface area (Å²) < 4.78 is 10.2. The lowest BCUT2D eigenvalue weighted by atomic mass is 10.0. The van der Waals surface area contributed by atoms with Crippen LogP contribution in [0.1, 0.15) is 18.0 Å². The van der Waals surface area contributed by atoms with Crippen molar-refractivity contribution in [3.8, 4) is 17.2 Å². The third-order valence-corrected chi connectivity index (χ3v) is 2.34. The maximum Gasteiger partial charge on any atom is 0.131 e. The van der Waals surface area contributed by atoms with Gasteiger partial charge in [-0.1, -0.05) is 6.08 Å². The van der Waals surface area contributed by atoms with Gasteiger partial charge in [0, 0.05) is 18.2 Å². The number of aromatic hydroxyl groups is 1. The van der Waals surface area contributed by atoms with Crippen LogP contribution in [0.2, 0.25) is 0 Å². The summed E-state index contributed by atoms with van der Waals surface area (Å²) in [6.45, 7) is 3.62. The van der Waals surface area contributed by atoms with Crippen LogP contribution in [0.25, 0.3) is 0 Å². The Hall–Kier alpha value is -1.39. The highest BCUT2D eigenvalue weighted by Crippen LogP contribution is 2.37. The number of methoxy groups -OCH3 is 2. The minimum atomic E-state index is -0.335. The highest BCUT2D eigenvalue weighted by atomic mass is 35.5. The summed E-state index contributed by atoms with van der Waals surface area (Å²) in [4.78, 5) is 0. The monoisotopic (exact) mass is 259 g/mol. The van der Waals surface area contributed by atoms with Crippen LogP contribution in [0.5, 0.6) is 17.2 Å². The molecule has 0 heterocycles. The molecule has 0 saturated heterocycles. The average molecular weight is 260 g/mol. The maximum atomic E-state index is 9.86. The first kappa shape index (κ1) is 15.6. The second-order valence-corrected chi connectivity index (χ2v) is 3.39. The summed E-state index contributed by atoms with van der Waals surface area (Å²) in [5, 5.41) is 9.86. The molecule has 5 heteroatoms. The van der Waals surface area contributed by atoms with E-state index in [1.807, 2.05) is 0 Å². The molecule has 96 valence electrons. The van der Waals surface area contributed by atoms with Crippen molar-refractivity contribution in [3.05, 3.63) is 30.4 Å². The lowest BCUT2D eigenvalue weighted by molar-refractivity contribution is 0.375. The number of hydrogen-bond acceptors (Lipinski definition) is 4. The molecule has 1 aromatic rings. The fraction of sp³-hybridized carbons (Fsp3) is 0.333. The Kier molecular flexibility index (Phi) is 6.46. The van der Waals surface area contributed by atoms with Crippen LogP contribution in [0.4, 0.5) is 0 Å². The van der Waals surface area contributed by atoms with Gasteiger partial charge in [-0.25, -0.2) is 0 Å². The molecule has 0 saturated carbocycles. The molecule has 17 heavy (non-hydrogen) atoms. The molecule has 0 bridgehead atoms. The molecular weight excluding hydrogens is 242 g/mol. The maximum absolute atomic E-state index is 9.86. The second-order valence-electron chi connectivity index (χ2n) is 3.39. The van der Waals surface area contributed by atoms with Crippen LogP contribution in [0.3, 0.4) is 0 Å². The summed E-state index contributed by atoms with van der Waals surface area (Å²) in [5.41, 5.74) is 6.49. The van der Waals surface area contributed by atoms with Crippen molar-refractivity contribution >= 4 is 12.4 Å². The second kappa shape index (κ2) is 7.04. The molecular formula is C12H18ClNO3. The highest BCUT2D eigenvalue weighted by molar-refractivity contribution is 5.85. The number of hydrogen-bond donors (Lipinski definition) is 2. The molecule has 0 unspecified atom stereocenters. The molecule has 0 spiro atoms. The fourth-order valence-electron chi connectivity index (χ4n) is 1.54. The summed E-state index contributed by atoms with van der Waals surface area (Å²) in [5.74, 6) is 1.13. The first-order valence-electron chi connectivity index (χ1n) is 4.95. The van der Waals surface area contributed by atoms with E-state index in [2.05, 4.69) is 6.58 Å². The van der Waals surface area contributed by atoms with Gasteiger partial charge in [0.1, 0.15) is 17.2 Å².